The Kier molecular flexibility index (Phi) is 5.85. The second kappa shape index (κ2) is 8.43. The second-order valence-electron chi connectivity index (χ2n) is 6.35. The molecule has 3 aromatic rings. The third kappa shape index (κ3) is 4.22. The maximum atomic E-state index is 12.9. The van der Waals surface area contributed by atoms with Gasteiger partial charge in [-0.15, -0.1) is 0 Å². The maximum Gasteiger partial charge on any atom is 0.336 e. The van der Waals surface area contributed by atoms with E-state index in [2.05, 4.69) is 0 Å². The number of amides is 1. The molecule has 0 aliphatic carbocycles. The number of carboxylic acid groups (broad SMARTS) is 1. The van der Waals surface area contributed by atoms with Gasteiger partial charge in [0.1, 0.15) is 11.5 Å². The largest absolute Gasteiger partial charge is 0.478 e. The van der Waals surface area contributed by atoms with E-state index in [1.165, 1.54) is 23.1 Å². The molecule has 1 aromatic heterocycles. The topological polar surface area (TPSA) is 94.6 Å². The third-order valence-corrected chi connectivity index (χ3v) is 6.01. The fourth-order valence-electron chi connectivity index (χ4n) is 2.98. The normalized spacial score (nSPS) is 15.2. The Labute approximate surface area is 195 Å². The van der Waals surface area contributed by atoms with Gasteiger partial charge in [-0.25, -0.2) is 4.79 Å². The summed E-state index contributed by atoms with van der Waals surface area (Å²) in [5.74, 6) is -0.938. The summed E-state index contributed by atoms with van der Waals surface area (Å²) >= 11 is 19.0. The molecule has 10 heteroatoms. The van der Waals surface area contributed by atoms with Crippen LogP contribution in [0.2, 0.25) is 15.1 Å². The van der Waals surface area contributed by atoms with Gasteiger partial charge in [0, 0.05) is 21.7 Å². The van der Waals surface area contributed by atoms with Crippen LogP contribution in [0.4, 0.5) is 5.69 Å². The highest BCUT2D eigenvalue weighted by molar-refractivity contribution is 8.19. The van der Waals surface area contributed by atoms with Crippen LogP contribution in [0.1, 0.15) is 16.1 Å². The highest BCUT2D eigenvalue weighted by Crippen LogP contribution is 2.39. The lowest BCUT2D eigenvalue weighted by Crippen LogP contribution is -2.28. The number of furan rings is 1. The molecule has 1 aliphatic heterocycles. The van der Waals surface area contributed by atoms with Crippen molar-refractivity contribution in [2.24, 2.45) is 0 Å². The number of hydrogen-bond acceptors (Lipinski definition) is 5. The van der Waals surface area contributed by atoms with Crippen molar-refractivity contribution in [3.05, 3.63) is 79.8 Å². The Morgan fingerprint density at radius 2 is 1.77 bits per heavy atom. The molecular weight excluding hydrogens is 483 g/mol. The van der Waals surface area contributed by atoms with Gasteiger partial charge in [-0.2, -0.15) is 0 Å². The average molecular weight is 494 g/mol. The lowest BCUT2D eigenvalue weighted by Gasteiger charge is -2.16. The van der Waals surface area contributed by atoms with Crippen molar-refractivity contribution in [3.63, 3.8) is 0 Å². The smallest absolute Gasteiger partial charge is 0.336 e. The van der Waals surface area contributed by atoms with E-state index in [1.807, 2.05) is 0 Å². The predicted octanol–water partition coefficient (Wildman–Crippen LogP) is 6.66. The van der Waals surface area contributed by atoms with Gasteiger partial charge in [0.25, 0.3) is 5.91 Å². The van der Waals surface area contributed by atoms with Crippen molar-refractivity contribution < 1.29 is 19.1 Å². The van der Waals surface area contributed by atoms with Crippen LogP contribution in [0.5, 0.6) is 0 Å². The lowest BCUT2D eigenvalue weighted by molar-refractivity contribution is -0.113. The number of carboxylic acids is 1. The Morgan fingerprint density at radius 3 is 2.48 bits per heavy atom. The molecule has 0 unspecified atom stereocenters. The summed E-state index contributed by atoms with van der Waals surface area (Å²) in [5.41, 5.74) is 0.705. The minimum atomic E-state index is -1.14. The van der Waals surface area contributed by atoms with Crippen molar-refractivity contribution >= 4 is 75.4 Å². The summed E-state index contributed by atoms with van der Waals surface area (Å²) < 4.78 is 5.75. The molecule has 2 aromatic carbocycles. The van der Waals surface area contributed by atoms with E-state index in [4.69, 9.17) is 44.6 Å². The van der Waals surface area contributed by atoms with Gasteiger partial charge < -0.3 is 9.52 Å². The molecule has 6 nitrogen and oxygen atoms in total. The summed E-state index contributed by atoms with van der Waals surface area (Å²) in [4.78, 5) is 25.8. The zero-order valence-electron chi connectivity index (χ0n) is 15.4. The van der Waals surface area contributed by atoms with E-state index in [0.717, 1.165) is 11.8 Å². The molecule has 2 heterocycles. The van der Waals surface area contributed by atoms with Crippen LogP contribution in [0.15, 0.2) is 57.9 Å². The Hall–Kier alpha value is -2.71. The molecule has 1 fully saturated rings. The predicted molar refractivity (Wildman–Crippen MR) is 123 cm³/mol. The molecule has 0 radical (unpaired) electrons. The fourth-order valence-corrected chi connectivity index (χ4v) is 4.48. The molecule has 1 aliphatic rings. The van der Waals surface area contributed by atoms with E-state index in [-0.39, 0.29) is 20.7 Å². The van der Waals surface area contributed by atoms with E-state index in [0.29, 0.717) is 32.8 Å². The molecule has 0 spiro atoms. The molecule has 4 rings (SSSR count). The number of benzene rings is 2. The Balaban J connectivity index is 1.65. The first kappa shape index (κ1) is 21.5. The number of nitrogens with zero attached hydrogens (tertiary/aromatic N) is 1. The average Bonchev–Trinajstić information content (AvgIpc) is 3.27. The molecule has 156 valence electrons. The minimum Gasteiger partial charge on any atom is -0.478 e. The van der Waals surface area contributed by atoms with Crippen LogP contribution in [0.3, 0.4) is 0 Å². The van der Waals surface area contributed by atoms with E-state index in [1.54, 1.807) is 36.4 Å². The van der Waals surface area contributed by atoms with Gasteiger partial charge in [0.05, 0.1) is 21.2 Å². The van der Waals surface area contributed by atoms with E-state index < -0.39 is 11.9 Å². The monoisotopic (exact) mass is 492 g/mol. The SMILES string of the molecule is N=C1S/C(=C\c2ccc(-c3ccc(Cl)cc3C(=O)O)o2)C(=O)N1c1ccc(Cl)cc1Cl. The highest BCUT2D eigenvalue weighted by atomic mass is 35.5. The van der Waals surface area contributed by atoms with Crippen LogP contribution in [0.25, 0.3) is 17.4 Å². The van der Waals surface area contributed by atoms with Crippen LogP contribution >= 0.6 is 46.6 Å². The molecule has 0 saturated carbocycles. The standard InChI is InChI=1S/C21H11Cl3N2O4S/c22-10-1-4-13(14(7-10)20(28)29)17-6-3-12(30-17)9-18-19(27)26(21(25)31-18)16-5-2-11(23)8-15(16)24/h1-9,25H,(H,28,29)/b18-9-,25-21?. The number of nitrogens with one attached hydrogen (secondary N) is 1. The number of carbonyl (C=O) groups is 2. The zero-order valence-corrected chi connectivity index (χ0v) is 18.4. The molecule has 0 atom stereocenters. The van der Waals surface area contributed by atoms with Gasteiger partial charge in [-0.05, 0) is 60.3 Å². The van der Waals surface area contributed by atoms with Crippen LogP contribution in [0, 0.1) is 5.41 Å². The molecular formula is C21H11Cl3N2O4S. The number of anilines is 1. The summed E-state index contributed by atoms with van der Waals surface area (Å²) in [5, 5.41) is 18.5. The molecule has 2 N–H and O–H groups in total. The van der Waals surface area contributed by atoms with Crippen molar-refractivity contribution in [1.82, 2.24) is 0 Å². The van der Waals surface area contributed by atoms with Gasteiger partial charge >= 0.3 is 5.97 Å². The molecule has 1 amide bonds. The van der Waals surface area contributed by atoms with Crippen molar-refractivity contribution in [3.8, 4) is 11.3 Å². The number of carbonyl (C=O) groups excluding carboxylic acids is 1. The first-order valence-electron chi connectivity index (χ1n) is 8.65. The Bertz CT molecular complexity index is 1290. The van der Waals surface area contributed by atoms with Crippen molar-refractivity contribution in [2.45, 2.75) is 0 Å². The van der Waals surface area contributed by atoms with E-state index >= 15 is 0 Å². The number of hydrogen-bond donors (Lipinski definition) is 2. The summed E-state index contributed by atoms with van der Waals surface area (Å²) in [6, 6.07) is 12.3. The first-order chi connectivity index (χ1) is 14.7. The lowest BCUT2D eigenvalue weighted by atomic mass is 10.1. The number of thioether (sulfide) groups is 1. The number of rotatable bonds is 4. The second-order valence-corrected chi connectivity index (χ2v) is 8.66. The molecule has 31 heavy (non-hydrogen) atoms. The minimum absolute atomic E-state index is 0.00213. The molecule has 1 saturated heterocycles. The number of aromatic carboxylic acids is 1. The summed E-state index contributed by atoms with van der Waals surface area (Å²) in [6.07, 6.45) is 1.49. The van der Waals surface area contributed by atoms with Gasteiger partial charge in [-0.3, -0.25) is 15.1 Å². The number of halogens is 3. The maximum absolute atomic E-state index is 12.9. The summed E-state index contributed by atoms with van der Waals surface area (Å²) in [6.45, 7) is 0. The van der Waals surface area contributed by atoms with Gasteiger partial charge in [0.2, 0.25) is 0 Å². The number of amidine groups is 1. The van der Waals surface area contributed by atoms with Gasteiger partial charge in [0.15, 0.2) is 5.17 Å². The van der Waals surface area contributed by atoms with Crippen molar-refractivity contribution in [2.75, 3.05) is 4.90 Å². The zero-order chi connectivity index (χ0) is 22.3. The fraction of sp³-hybridized carbons (Fsp3) is 0. The van der Waals surface area contributed by atoms with Crippen molar-refractivity contribution in [1.29, 1.82) is 5.41 Å². The van der Waals surface area contributed by atoms with Crippen LogP contribution < -0.4 is 4.90 Å². The first-order valence-corrected chi connectivity index (χ1v) is 10.6. The molecule has 0 bridgehead atoms. The quantitative estimate of drug-likeness (QED) is 0.396. The third-order valence-electron chi connectivity index (χ3n) is 4.35. The highest BCUT2D eigenvalue weighted by Gasteiger charge is 2.35. The Morgan fingerprint density at radius 1 is 1.06 bits per heavy atom. The summed E-state index contributed by atoms with van der Waals surface area (Å²) in [7, 11) is 0. The van der Waals surface area contributed by atoms with Crippen LogP contribution in [-0.4, -0.2) is 22.2 Å². The van der Waals surface area contributed by atoms with Gasteiger partial charge in [-0.1, -0.05) is 34.8 Å². The van der Waals surface area contributed by atoms with E-state index in [9.17, 15) is 14.7 Å². The van der Waals surface area contributed by atoms with Crippen LogP contribution in [-0.2, 0) is 4.79 Å².